The highest BCUT2D eigenvalue weighted by Crippen LogP contribution is 2.23. The fourth-order valence-electron chi connectivity index (χ4n) is 2.96. The van der Waals surface area contributed by atoms with E-state index in [0.29, 0.717) is 23.9 Å². The second-order valence-electron chi connectivity index (χ2n) is 6.15. The van der Waals surface area contributed by atoms with Gasteiger partial charge in [-0.3, -0.25) is 4.79 Å². The van der Waals surface area contributed by atoms with E-state index < -0.39 is 0 Å². The molecule has 1 aliphatic rings. The van der Waals surface area contributed by atoms with Crippen molar-refractivity contribution in [2.45, 2.75) is 26.2 Å². The number of piperidine rings is 1. The number of aryl methyl sites for hydroxylation is 1. The van der Waals surface area contributed by atoms with E-state index in [1.54, 1.807) is 0 Å². The van der Waals surface area contributed by atoms with Crippen molar-refractivity contribution < 1.29 is 9.21 Å². The maximum Gasteiger partial charge on any atom is 0.273 e. The van der Waals surface area contributed by atoms with Gasteiger partial charge in [-0.25, -0.2) is 4.98 Å². The summed E-state index contributed by atoms with van der Waals surface area (Å²) in [5.41, 5.74) is 2.39. The highest BCUT2D eigenvalue weighted by Gasteiger charge is 2.19. The van der Waals surface area contributed by atoms with Crippen LogP contribution >= 0.6 is 24.8 Å². The Balaban J connectivity index is 0.00000156. The molecule has 2 heterocycles. The standard InChI is InChI=1S/C18H23N3O2.2ClH/c1-13-4-6-15(7-5-13)17-16(21-12-23-17)18(22)20-10-8-14-3-2-9-19-11-14;;/h4-7,12,14,19H,2-3,8-11H2,1H3,(H,20,22);2*1H. The van der Waals surface area contributed by atoms with Gasteiger partial charge in [-0.05, 0) is 45.2 Å². The van der Waals surface area contributed by atoms with Gasteiger partial charge in [0.05, 0.1) is 0 Å². The van der Waals surface area contributed by atoms with Crippen LogP contribution in [0.4, 0.5) is 0 Å². The average molecular weight is 386 g/mol. The molecule has 0 spiro atoms. The number of rotatable bonds is 5. The van der Waals surface area contributed by atoms with Crippen LogP contribution in [0.25, 0.3) is 11.3 Å². The van der Waals surface area contributed by atoms with Crippen molar-refractivity contribution in [2.75, 3.05) is 19.6 Å². The summed E-state index contributed by atoms with van der Waals surface area (Å²) >= 11 is 0. The monoisotopic (exact) mass is 385 g/mol. The summed E-state index contributed by atoms with van der Waals surface area (Å²) in [5, 5.41) is 6.36. The van der Waals surface area contributed by atoms with Gasteiger partial charge in [-0.2, -0.15) is 0 Å². The molecule has 5 nitrogen and oxygen atoms in total. The van der Waals surface area contributed by atoms with Crippen LogP contribution in [0.5, 0.6) is 0 Å². The number of halogens is 2. The summed E-state index contributed by atoms with van der Waals surface area (Å²) in [5.74, 6) is 1.01. The van der Waals surface area contributed by atoms with Gasteiger partial charge >= 0.3 is 0 Å². The van der Waals surface area contributed by atoms with Crippen LogP contribution in [-0.2, 0) is 0 Å². The van der Waals surface area contributed by atoms with Crippen LogP contribution in [0.15, 0.2) is 35.1 Å². The molecule has 0 aliphatic carbocycles. The number of nitrogens with zero attached hydrogens (tertiary/aromatic N) is 1. The zero-order valence-electron chi connectivity index (χ0n) is 14.3. The van der Waals surface area contributed by atoms with Crippen molar-refractivity contribution in [3.8, 4) is 11.3 Å². The first-order valence-corrected chi connectivity index (χ1v) is 8.23. The van der Waals surface area contributed by atoms with Crippen LogP contribution < -0.4 is 10.6 Å². The molecule has 1 aromatic heterocycles. The molecule has 1 atom stereocenters. The van der Waals surface area contributed by atoms with E-state index in [0.717, 1.165) is 25.1 Å². The number of carbonyl (C=O) groups is 1. The second-order valence-corrected chi connectivity index (χ2v) is 6.15. The van der Waals surface area contributed by atoms with Crippen molar-refractivity contribution in [1.82, 2.24) is 15.6 Å². The molecule has 0 bridgehead atoms. The highest BCUT2D eigenvalue weighted by molar-refractivity contribution is 5.97. The summed E-state index contributed by atoms with van der Waals surface area (Å²) in [4.78, 5) is 16.4. The molecule has 1 saturated heterocycles. The average Bonchev–Trinajstić information content (AvgIpc) is 3.06. The van der Waals surface area contributed by atoms with Crippen LogP contribution in [-0.4, -0.2) is 30.5 Å². The molecular formula is C18H25Cl2N3O2. The third-order valence-electron chi connectivity index (χ3n) is 4.33. The van der Waals surface area contributed by atoms with Gasteiger partial charge in [0.1, 0.15) is 0 Å². The third-order valence-corrected chi connectivity index (χ3v) is 4.33. The third kappa shape index (κ3) is 5.73. The highest BCUT2D eigenvalue weighted by atomic mass is 35.5. The maximum absolute atomic E-state index is 12.4. The lowest BCUT2D eigenvalue weighted by Gasteiger charge is -2.22. The maximum atomic E-state index is 12.4. The SMILES string of the molecule is Cc1ccc(-c2ocnc2C(=O)NCCC2CCCNC2)cc1.Cl.Cl. The predicted molar refractivity (Wildman–Crippen MR) is 104 cm³/mol. The Morgan fingerprint density at radius 1 is 1.32 bits per heavy atom. The number of benzene rings is 1. The number of hydrogen-bond donors (Lipinski definition) is 2. The molecule has 0 saturated carbocycles. The largest absolute Gasteiger partial charge is 0.443 e. The molecule has 1 amide bonds. The molecule has 1 aliphatic heterocycles. The molecule has 2 aromatic rings. The van der Waals surface area contributed by atoms with Crippen LogP contribution in [0.3, 0.4) is 0 Å². The summed E-state index contributed by atoms with van der Waals surface area (Å²) < 4.78 is 5.43. The lowest BCUT2D eigenvalue weighted by Crippen LogP contribution is -2.33. The lowest BCUT2D eigenvalue weighted by atomic mass is 9.96. The minimum absolute atomic E-state index is 0. The normalized spacial score (nSPS) is 16.4. The second kappa shape index (κ2) is 10.4. The van der Waals surface area contributed by atoms with Crippen molar-refractivity contribution in [3.05, 3.63) is 41.9 Å². The Bertz CT molecular complexity index is 653. The molecule has 138 valence electrons. The fraction of sp³-hybridized carbons (Fsp3) is 0.444. The van der Waals surface area contributed by atoms with Gasteiger partial charge in [0.2, 0.25) is 0 Å². The number of nitrogens with one attached hydrogen (secondary N) is 2. The number of amides is 1. The van der Waals surface area contributed by atoms with E-state index in [4.69, 9.17) is 4.42 Å². The molecular weight excluding hydrogens is 361 g/mol. The fourth-order valence-corrected chi connectivity index (χ4v) is 2.96. The molecule has 2 N–H and O–H groups in total. The smallest absolute Gasteiger partial charge is 0.273 e. The number of hydrogen-bond acceptors (Lipinski definition) is 4. The Morgan fingerprint density at radius 3 is 2.76 bits per heavy atom. The Labute approximate surface area is 160 Å². The van der Waals surface area contributed by atoms with Gasteiger partial charge in [0.15, 0.2) is 17.8 Å². The van der Waals surface area contributed by atoms with E-state index in [9.17, 15) is 4.79 Å². The van der Waals surface area contributed by atoms with Gasteiger partial charge in [0, 0.05) is 12.1 Å². The first-order chi connectivity index (χ1) is 11.2. The quantitative estimate of drug-likeness (QED) is 0.824. The van der Waals surface area contributed by atoms with Gasteiger partial charge in [-0.1, -0.05) is 29.8 Å². The summed E-state index contributed by atoms with van der Waals surface area (Å²) in [6, 6.07) is 7.88. The van der Waals surface area contributed by atoms with E-state index in [-0.39, 0.29) is 30.7 Å². The first-order valence-electron chi connectivity index (χ1n) is 8.23. The molecule has 3 rings (SSSR count). The predicted octanol–water partition coefficient (Wildman–Crippen LogP) is 3.61. The van der Waals surface area contributed by atoms with Crippen LogP contribution in [0.2, 0.25) is 0 Å². The van der Waals surface area contributed by atoms with E-state index in [1.807, 2.05) is 31.2 Å². The van der Waals surface area contributed by atoms with Crippen LogP contribution in [0.1, 0.15) is 35.3 Å². The van der Waals surface area contributed by atoms with Crippen molar-refractivity contribution >= 4 is 30.7 Å². The Morgan fingerprint density at radius 2 is 2.08 bits per heavy atom. The Kier molecular flexibility index (Phi) is 8.97. The van der Waals surface area contributed by atoms with Gasteiger partial charge in [-0.15, -0.1) is 24.8 Å². The van der Waals surface area contributed by atoms with E-state index >= 15 is 0 Å². The molecule has 0 radical (unpaired) electrons. The first kappa shape index (κ1) is 21.5. The van der Waals surface area contributed by atoms with E-state index in [2.05, 4.69) is 15.6 Å². The Hall–Kier alpha value is -1.56. The van der Waals surface area contributed by atoms with Gasteiger partial charge in [0.25, 0.3) is 5.91 Å². The van der Waals surface area contributed by atoms with Crippen molar-refractivity contribution in [1.29, 1.82) is 0 Å². The zero-order valence-corrected chi connectivity index (χ0v) is 15.9. The summed E-state index contributed by atoms with van der Waals surface area (Å²) in [6.07, 6.45) is 4.78. The van der Waals surface area contributed by atoms with Crippen LogP contribution in [0, 0.1) is 12.8 Å². The molecule has 1 fully saturated rings. The minimum atomic E-state index is -0.168. The van der Waals surface area contributed by atoms with Crippen molar-refractivity contribution in [3.63, 3.8) is 0 Å². The number of oxazole rings is 1. The van der Waals surface area contributed by atoms with Crippen molar-refractivity contribution in [2.24, 2.45) is 5.92 Å². The number of carbonyl (C=O) groups excluding carboxylic acids is 1. The molecule has 7 heteroatoms. The summed E-state index contributed by atoms with van der Waals surface area (Å²) in [7, 11) is 0. The zero-order chi connectivity index (χ0) is 16.1. The molecule has 1 aromatic carbocycles. The topological polar surface area (TPSA) is 67.2 Å². The van der Waals surface area contributed by atoms with E-state index in [1.165, 1.54) is 24.8 Å². The minimum Gasteiger partial charge on any atom is -0.443 e. The lowest BCUT2D eigenvalue weighted by molar-refractivity contribution is 0.0946. The van der Waals surface area contributed by atoms with Gasteiger partial charge < -0.3 is 15.1 Å². The number of aromatic nitrogens is 1. The summed E-state index contributed by atoms with van der Waals surface area (Å²) in [6.45, 7) is 4.86. The molecule has 25 heavy (non-hydrogen) atoms. The molecule has 1 unspecified atom stereocenters.